The maximum absolute atomic E-state index is 12.9. The van der Waals surface area contributed by atoms with E-state index in [2.05, 4.69) is 15.2 Å². The molecule has 0 aliphatic rings. The van der Waals surface area contributed by atoms with Gasteiger partial charge in [-0.15, -0.1) is 0 Å². The van der Waals surface area contributed by atoms with Crippen LogP contribution < -0.4 is 10.1 Å². The molecule has 0 bridgehead atoms. The molecule has 1 atom stereocenters. The summed E-state index contributed by atoms with van der Waals surface area (Å²) >= 11 is 0. The Labute approximate surface area is 210 Å². The minimum atomic E-state index is -3.88. The Morgan fingerprint density at radius 3 is 1.89 bits per heavy atom. The Morgan fingerprint density at radius 2 is 1.46 bits per heavy atom. The first-order chi connectivity index (χ1) is 15.9. The zero-order valence-corrected chi connectivity index (χ0v) is 23.0. The number of carbonyl (C=O) groups excluding carboxylic acids is 1. The van der Waals surface area contributed by atoms with E-state index in [1.165, 1.54) is 18.3 Å². The van der Waals surface area contributed by atoms with Crippen LogP contribution in [0.15, 0.2) is 46.4 Å². The summed E-state index contributed by atoms with van der Waals surface area (Å²) < 4.78 is 28.1. The third kappa shape index (κ3) is 7.39. The zero-order valence-electron chi connectivity index (χ0n) is 22.2. The van der Waals surface area contributed by atoms with Gasteiger partial charge in [0.25, 0.3) is 5.91 Å². The predicted octanol–water partition coefficient (Wildman–Crippen LogP) is 4.75. The second-order valence-corrected chi connectivity index (χ2v) is 13.1. The van der Waals surface area contributed by atoms with Crippen LogP contribution in [0.2, 0.25) is 0 Å². The minimum absolute atomic E-state index is 0.0959. The molecular formula is C27H39N3O4S. The van der Waals surface area contributed by atoms with Gasteiger partial charge in [-0.05, 0) is 53.5 Å². The van der Waals surface area contributed by atoms with Crippen molar-refractivity contribution in [2.24, 2.45) is 11.0 Å². The van der Waals surface area contributed by atoms with Crippen LogP contribution >= 0.6 is 0 Å². The smallest absolute Gasteiger partial charge is 0.258 e. The molecule has 192 valence electrons. The normalized spacial score (nSPS) is 13.9. The summed E-state index contributed by atoms with van der Waals surface area (Å²) in [4.78, 5) is 12.9. The van der Waals surface area contributed by atoms with Gasteiger partial charge in [-0.25, -0.2) is 13.8 Å². The summed E-state index contributed by atoms with van der Waals surface area (Å²) in [5.74, 6) is -0.603. The van der Waals surface area contributed by atoms with Crippen molar-refractivity contribution in [3.05, 3.63) is 58.7 Å². The average molecular weight is 502 g/mol. The molecule has 0 spiro atoms. The second kappa shape index (κ2) is 10.5. The molecule has 0 fully saturated rings. The van der Waals surface area contributed by atoms with Gasteiger partial charge >= 0.3 is 0 Å². The van der Waals surface area contributed by atoms with Crippen molar-refractivity contribution in [1.82, 2.24) is 10.1 Å². The number of aromatic hydroxyl groups is 1. The highest BCUT2D eigenvalue weighted by Crippen LogP contribution is 2.39. The molecule has 0 saturated carbocycles. The largest absolute Gasteiger partial charge is 0.507 e. The van der Waals surface area contributed by atoms with E-state index in [4.69, 9.17) is 0 Å². The van der Waals surface area contributed by atoms with Gasteiger partial charge in [0.05, 0.1) is 11.1 Å². The molecule has 0 aliphatic heterocycles. The van der Waals surface area contributed by atoms with E-state index in [1.54, 1.807) is 26.0 Å². The summed E-state index contributed by atoms with van der Waals surface area (Å²) in [6.45, 7) is 17.5. The fourth-order valence-corrected chi connectivity index (χ4v) is 4.90. The Hall–Kier alpha value is -2.71. The van der Waals surface area contributed by atoms with Gasteiger partial charge in [0, 0.05) is 11.1 Å². The number of nitrogens with zero attached hydrogens (tertiary/aromatic N) is 1. The van der Waals surface area contributed by atoms with E-state index < -0.39 is 22.0 Å². The highest BCUT2D eigenvalue weighted by molar-refractivity contribution is 7.89. The molecule has 2 rings (SSSR count). The van der Waals surface area contributed by atoms with Gasteiger partial charge in [0.2, 0.25) is 10.0 Å². The Kier molecular flexibility index (Phi) is 8.56. The molecule has 0 unspecified atom stereocenters. The molecule has 2 aromatic carbocycles. The highest BCUT2D eigenvalue weighted by atomic mass is 32.2. The number of benzene rings is 2. The third-order valence-electron chi connectivity index (χ3n) is 5.70. The summed E-state index contributed by atoms with van der Waals surface area (Å²) in [6.07, 6.45) is 1.51. The lowest BCUT2D eigenvalue weighted by Gasteiger charge is -2.27. The summed E-state index contributed by atoms with van der Waals surface area (Å²) in [7, 11) is -3.88. The quantitative estimate of drug-likeness (QED) is 0.376. The number of sulfonamides is 1. The first kappa shape index (κ1) is 28.5. The molecule has 0 aliphatic carbocycles. The van der Waals surface area contributed by atoms with Crippen LogP contribution in [0, 0.1) is 12.8 Å². The fraction of sp³-hybridized carbons (Fsp3) is 0.481. The molecule has 7 nitrogen and oxygen atoms in total. The number of aryl methyl sites for hydroxylation is 1. The van der Waals surface area contributed by atoms with Gasteiger partial charge in [0.1, 0.15) is 11.8 Å². The SMILES string of the molecule is Cc1ccc(S(=O)(=O)N[C@H](C(=O)N/N=C\c2cc(C(C)(C)C)c(O)c(C(C)(C)C)c2)C(C)C)cc1. The van der Waals surface area contributed by atoms with Crippen molar-refractivity contribution in [3.8, 4) is 5.75 Å². The number of nitrogens with one attached hydrogen (secondary N) is 2. The Balaban J connectivity index is 2.28. The molecule has 0 aromatic heterocycles. The van der Waals surface area contributed by atoms with Crippen LogP contribution in [0.3, 0.4) is 0 Å². The highest BCUT2D eigenvalue weighted by Gasteiger charge is 2.29. The van der Waals surface area contributed by atoms with E-state index in [0.717, 1.165) is 22.3 Å². The van der Waals surface area contributed by atoms with Gasteiger partial charge in [0.15, 0.2) is 0 Å². The average Bonchev–Trinajstić information content (AvgIpc) is 2.71. The monoisotopic (exact) mass is 501 g/mol. The lowest BCUT2D eigenvalue weighted by molar-refractivity contribution is -0.123. The van der Waals surface area contributed by atoms with Gasteiger partial charge in [-0.2, -0.15) is 9.82 Å². The maximum atomic E-state index is 12.9. The molecule has 1 amide bonds. The molecule has 35 heavy (non-hydrogen) atoms. The van der Waals surface area contributed by atoms with Crippen LogP contribution in [-0.4, -0.2) is 31.7 Å². The maximum Gasteiger partial charge on any atom is 0.258 e. The summed E-state index contributed by atoms with van der Waals surface area (Å²) in [6, 6.07) is 9.12. The molecular weight excluding hydrogens is 462 g/mol. The lowest BCUT2D eigenvalue weighted by Crippen LogP contribution is -2.48. The molecule has 3 N–H and O–H groups in total. The number of phenols is 1. The van der Waals surface area contributed by atoms with Gasteiger partial charge in [-0.3, -0.25) is 4.79 Å². The van der Waals surface area contributed by atoms with E-state index in [9.17, 15) is 18.3 Å². The summed E-state index contributed by atoms with van der Waals surface area (Å²) in [5, 5.41) is 15.0. The number of rotatable bonds is 7. The number of hydrogen-bond acceptors (Lipinski definition) is 5. The molecule has 2 aromatic rings. The van der Waals surface area contributed by atoms with E-state index in [0.29, 0.717) is 0 Å². The topological polar surface area (TPSA) is 108 Å². The third-order valence-corrected chi connectivity index (χ3v) is 7.16. The minimum Gasteiger partial charge on any atom is -0.507 e. The zero-order chi connectivity index (χ0) is 26.8. The van der Waals surface area contributed by atoms with Crippen molar-refractivity contribution in [2.45, 2.75) is 84.1 Å². The molecule has 8 heteroatoms. The number of carbonyl (C=O) groups is 1. The van der Waals surface area contributed by atoms with Crippen LogP contribution in [0.25, 0.3) is 0 Å². The van der Waals surface area contributed by atoms with Crippen molar-refractivity contribution in [3.63, 3.8) is 0 Å². The first-order valence-corrected chi connectivity index (χ1v) is 13.2. The number of hydrazone groups is 1. The van der Waals surface area contributed by atoms with Crippen molar-refractivity contribution >= 4 is 22.1 Å². The second-order valence-electron chi connectivity index (χ2n) is 11.4. The van der Waals surface area contributed by atoms with Crippen LogP contribution in [0.1, 0.15) is 77.6 Å². The number of amides is 1. The lowest BCUT2D eigenvalue weighted by atomic mass is 9.78. The standard InChI is InChI=1S/C27H39N3O4S/c1-17(2)23(30-35(33,34)20-12-10-18(3)11-13-20)25(32)29-28-16-19-14-21(26(4,5)6)24(31)22(15-19)27(7,8)9/h10-17,23,30-31H,1-9H3,(H,29,32)/b28-16-/t23-/m0/s1. The predicted molar refractivity (Wildman–Crippen MR) is 141 cm³/mol. The molecule has 0 heterocycles. The Morgan fingerprint density at radius 1 is 0.971 bits per heavy atom. The van der Waals surface area contributed by atoms with E-state index >= 15 is 0 Å². The van der Waals surface area contributed by atoms with Crippen molar-refractivity contribution in [2.75, 3.05) is 0 Å². The molecule has 0 radical (unpaired) electrons. The van der Waals surface area contributed by atoms with Crippen LogP contribution in [-0.2, 0) is 25.6 Å². The molecule has 0 saturated heterocycles. The van der Waals surface area contributed by atoms with Gasteiger partial charge < -0.3 is 5.11 Å². The Bertz CT molecular complexity index is 1150. The first-order valence-electron chi connectivity index (χ1n) is 11.7. The summed E-state index contributed by atoms with van der Waals surface area (Å²) in [5.41, 5.74) is 5.10. The van der Waals surface area contributed by atoms with Crippen molar-refractivity contribution in [1.29, 1.82) is 0 Å². The van der Waals surface area contributed by atoms with E-state index in [1.807, 2.05) is 60.6 Å². The van der Waals surface area contributed by atoms with E-state index in [-0.39, 0.29) is 27.4 Å². The van der Waals surface area contributed by atoms with Crippen molar-refractivity contribution < 1.29 is 18.3 Å². The number of hydrogen-bond donors (Lipinski definition) is 3. The van der Waals surface area contributed by atoms with Crippen LogP contribution in [0.4, 0.5) is 0 Å². The van der Waals surface area contributed by atoms with Crippen LogP contribution in [0.5, 0.6) is 5.75 Å². The fourth-order valence-electron chi connectivity index (χ4n) is 3.56. The van der Waals surface area contributed by atoms with Gasteiger partial charge in [-0.1, -0.05) is 73.1 Å². The number of phenolic OH excluding ortho intramolecular Hbond substituents is 1.